The molecule has 0 aliphatic carbocycles. The highest BCUT2D eigenvalue weighted by Gasteiger charge is 2.22. The van der Waals surface area contributed by atoms with E-state index in [1.165, 1.54) is 18.2 Å². The number of anilines is 3. The molecule has 0 atom stereocenters. The topological polar surface area (TPSA) is 122 Å². The number of pyridine rings is 2. The molecule has 0 amide bonds. The fourth-order valence-corrected chi connectivity index (χ4v) is 5.51. The summed E-state index contributed by atoms with van der Waals surface area (Å²) in [5.41, 5.74) is 1.96. The van der Waals surface area contributed by atoms with E-state index in [1.54, 1.807) is 18.3 Å². The number of sulfonamides is 1. The lowest BCUT2D eigenvalue weighted by atomic mass is 10.1. The number of alkyl halides is 1. The van der Waals surface area contributed by atoms with Gasteiger partial charge in [0, 0.05) is 37.0 Å². The van der Waals surface area contributed by atoms with Crippen LogP contribution in [-0.2, 0) is 14.8 Å². The second kappa shape index (κ2) is 12.7. The third-order valence-electron chi connectivity index (χ3n) is 6.50. The molecular weight excluding hydrogens is 552 g/mol. The van der Waals surface area contributed by atoms with E-state index in [2.05, 4.69) is 26.8 Å². The molecule has 4 aromatic rings. The Morgan fingerprint density at radius 3 is 2.61 bits per heavy atom. The van der Waals surface area contributed by atoms with Crippen LogP contribution in [-0.4, -0.2) is 73.6 Å². The van der Waals surface area contributed by atoms with E-state index in [0.29, 0.717) is 54.7 Å². The summed E-state index contributed by atoms with van der Waals surface area (Å²) in [6.45, 7) is 4.37. The largest absolute Gasteiger partial charge is 0.378 e. The Morgan fingerprint density at radius 1 is 1.05 bits per heavy atom. The van der Waals surface area contributed by atoms with Gasteiger partial charge in [0.25, 0.3) is 0 Å². The van der Waals surface area contributed by atoms with Crippen molar-refractivity contribution in [3.8, 4) is 22.6 Å². The van der Waals surface area contributed by atoms with Crippen molar-refractivity contribution in [2.75, 3.05) is 60.2 Å². The minimum absolute atomic E-state index is 0.106. The van der Waals surface area contributed by atoms with Crippen LogP contribution in [0.5, 0.6) is 0 Å². The SMILES string of the molecule is CCCNc1ccc(-c2nc(N3CCOCC3)c3nc(-c4cccc(NS(=O)(=O)CCCF)c4F)ccc3n2)cn1. The van der Waals surface area contributed by atoms with Crippen LogP contribution >= 0.6 is 0 Å². The van der Waals surface area contributed by atoms with E-state index >= 15 is 4.39 Å². The van der Waals surface area contributed by atoms with Gasteiger partial charge in [-0.1, -0.05) is 13.0 Å². The number of hydrogen-bond acceptors (Lipinski definition) is 9. The number of nitrogens with zero attached hydrogens (tertiary/aromatic N) is 5. The second-order valence-corrected chi connectivity index (χ2v) is 11.4. The summed E-state index contributed by atoms with van der Waals surface area (Å²) in [4.78, 5) is 20.9. The fourth-order valence-electron chi connectivity index (χ4n) is 4.43. The van der Waals surface area contributed by atoms with E-state index < -0.39 is 28.3 Å². The summed E-state index contributed by atoms with van der Waals surface area (Å²) in [7, 11) is -3.91. The summed E-state index contributed by atoms with van der Waals surface area (Å²) in [5, 5.41) is 3.25. The zero-order chi connectivity index (χ0) is 28.8. The quantitative estimate of drug-likeness (QED) is 0.260. The highest BCUT2D eigenvalue weighted by Crippen LogP contribution is 2.32. The van der Waals surface area contributed by atoms with Crippen molar-refractivity contribution in [2.45, 2.75) is 19.8 Å². The predicted octanol–water partition coefficient (Wildman–Crippen LogP) is 4.65. The zero-order valence-corrected chi connectivity index (χ0v) is 23.4. The van der Waals surface area contributed by atoms with Crippen molar-refractivity contribution < 1.29 is 21.9 Å². The van der Waals surface area contributed by atoms with Crippen molar-refractivity contribution in [2.24, 2.45) is 0 Å². The van der Waals surface area contributed by atoms with Crippen LogP contribution in [0.1, 0.15) is 19.8 Å². The van der Waals surface area contributed by atoms with E-state index in [1.807, 2.05) is 12.1 Å². The van der Waals surface area contributed by atoms with E-state index in [-0.39, 0.29) is 17.7 Å². The van der Waals surface area contributed by atoms with E-state index in [0.717, 1.165) is 24.3 Å². The van der Waals surface area contributed by atoms with Gasteiger partial charge in [-0.15, -0.1) is 0 Å². The molecule has 0 unspecified atom stereocenters. The summed E-state index contributed by atoms with van der Waals surface area (Å²) in [5.74, 6) is 0.615. The lowest BCUT2D eigenvalue weighted by Gasteiger charge is -2.28. The zero-order valence-electron chi connectivity index (χ0n) is 22.6. The average Bonchev–Trinajstić information content (AvgIpc) is 3.00. The first-order chi connectivity index (χ1) is 19.9. The van der Waals surface area contributed by atoms with Crippen LogP contribution < -0.4 is 14.9 Å². The first kappa shape index (κ1) is 28.6. The monoisotopic (exact) mass is 583 g/mol. The lowest BCUT2D eigenvalue weighted by Crippen LogP contribution is -2.37. The molecule has 1 aliphatic rings. The molecule has 0 saturated carbocycles. The fraction of sp³-hybridized carbons (Fsp3) is 0.357. The summed E-state index contributed by atoms with van der Waals surface area (Å²) >= 11 is 0. The third-order valence-corrected chi connectivity index (χ3v) is 7.86. The molecule has 41 heavy (non-hydrogen) atoms. The number of hydrogen-bond donors (Lipinski definition) is 2. The van der Waals surface area contributed by atoms with Crippen molar-refractivity contribution in [3.05, 3.63) is 54.5 Å². The standard InChI is InChI=1S/C28H31F2N7O3S/c1-2-12-31-24-10-7-19(18-32-24)27-34-23-9-8-21(33-26(23)28(35-27)37-13-15-40-16-14-37)20-5-3-6-22(25(20)30)36-41(38,39)17-4-11-29/h3,5-10,18,36H,2,4,11-17H2,1H3,(H,31,32). The van der Waals surface area contributed by atoms with Gasteiger partial charge < -0.3 is 15.0 Å². The summed E-state index contributed by atoms with van der Waals surface area (Å²) in [6, 6.07) is 11.5. The maximum absolute atomic E-state index is 15.6. The normalized spacial score (nSPS) is 13.9. The van der Waals surface area contributed by atoms with Gasteiger partial charge in [0.1, 0.15) is 11.3 Å². The number of aromatic nitrogens is 4. The molecule has 1 fully saturated rings. The minimum Gasteiger partial charge on any atom is -0.378 e. The molecule has 0 spiro atoms. The smallest absolute Gasteiger partial charge is 0.232 e. The number of halogens is 2. The van der Waals surface area contributed by atoms with Crippen molar-refractivity contribution in [1.29, 1.82) is 0 Å². The Bertz CT molecular complexity index is 1620. The van der Waals surface area contributed by atoms with Crippen molar-refractivity contribution >= 4 is 38.4 Å². The van der Waals surface area contributed by atoms with Gasteiger partial charge >= 0.3 is 0 Å². The van der Waals surface area contributed by atoms with Crippen LogP contribution in [0.2, 0.25) is 0 Å². The highest BCUT2D eigenvalue weighted by atomic mass is 32.2. The molecule has 2 N–H and O–H groups in total. The number of rotatable bonds is 11. The predicted molar refractivity (Wildman–Crippen MR) is 156 cm³/mol. The number of nitrogens with one attached hydrogen (secondary N) is 2. The average molecular weight is 584 g/mol. The Labute approximate surface area is 237 Å². The second-order valence-electron chi connectivity index (χ2n) is 9.52. The maximum atomic E-state index is 15.6. The highest BCUT2D eigenvalue weighted by molar-refractivity contribution is 7.92. The van der Waals surface area contributed by atoms with Crippen molar-refractivity contribution in [1.82, 2.24) is 19.9 Å². The summed E-state index contributed by atoms with van der Waals surface area (Å²) in [6.07, 6.45) is 2.53. The minimum atomic E-state index is -3.91. The Morgan fingerprint density at radius 2 is 1.88 bits per heavy atom. The molecule has 1 saturated heterocycles. The first-order valence-electron chi connectivity index (χ1n) is 13.5. The maximum Gasteiger partial charge on any atom is 0.232 e. The molecule has 0 bridgehead atoms. The molecule has 4 heterocycles. The molecule has 1 aromatic carbocycles. The Kier molecular flexibility index (Phi) is 8.84. The van der Waals surface area contributed by atoms with Gasteiger partial charge in [0.15, 0.2) is 17.5 Å². The van der Waals surface area contributed by atoms with Crippen LogP contribution in [0.25, 0.3) is 33.7 Å². The third kappa shape index (κ3) is 6.68. The number of fused-ring (bicyclic) bond motifs is 1. The van der Waals surface area contributed by atoms with Gasteiger partial charge in [-0.2, -0.15) is 0 Å². The van der Waals surface area contributed by atoms with Crippen LogP contribution in [0.3, 0.4) is 0 Å². The molecule has 0 radical (unpaired) electrons. The molecule has 216 valence electrons. The van der Waals surface area contributed by atoms with Gasteiger partial charge in [-0.25, -0.2) is 32.7 Å². The van der Waals surface area contributed by atoms with Crippen LogP contribution in [0, 0.1) is 5.82 Å². The van der Waals surface area contributed by atoms with E-state index in [9.17, 15) is 12.8 Å². The number of morpholine rings is 1. The summed E-state index contributed by atoms with van der Waals surface area (Å²) < 4.78 is 60.3. The Balaban J connectivity index is 1.55. The van der Waals surface area contributed by atoms with Crippen LogP contribution in [0.15, 0.2) is 48.7 Å². The van der Waals surface area contributed by atoms with Gasteiger partial charge in [0.05, 0.1) is 42.5 Å². The lowest BCUT2D eigenvalue weighted by molar-refractivity contribution is 0.122. The van der Waals surface area contributed by atoms with Gasteiger partial charge in [-0.05, 0) is 49.2 Å². The van der Waals surface area contributed by atoms with Gasteiger partial charge in [0.2, 0.25) is 10.0 Å². The van der Waals surface area contributed by atoms with Crippen molar-refractivity contribution in [3.63, 3.8) is 0 Å². The first-order valence-corrected chi connectivity index (χ1v) is 15.1. The van der Waals surface area contributed by atoms with Gasteiger partial charge in [-0.3, -0.25) is 9.11 Å². The van der Waals surface area contributed by atoms with Crippen LogP contribution in [0.4, 0.5) is 26.1 Å². The molecule has 13 heteroatoms. The molecular formula is C28H31F2N7O3S. The number of benzene rings is 1. The number of ether oxygens (including phenoxy) is 1. The van der Waals surface area contributed by atoms with E-state index in [4.69, 9.17) is 19.7 Å². The molecule has 1 aliphatic heterocycles. The Hall–Kier alpha value is -3.97. The molecule has 3 aromatic heterocycles. The molecule has 5 rings (SSSR count). The molecule has 10 nitrogen and oxygen atoms in total.